The summed E-state index contributed by atoms with van der Waals surface area (Å²) in [6, 6.07) is 7.18. The molecule has 0 saturated heterocycles. The summed E-state index contributed by atoms with van der Waals surface area (Å²) < 4.78 is 19.0. The Morgan fingerprint density at radius 1 is 1.50 bits per heavy atom. The van der Waals surface area contributed by atoms with Crippen molar-refractivity contribution in [1.82, 2.24) is 0 Å². The predicted octanol–water partition coefficient (Wildman–Crippen LogP) is 2.54. The SMILES string of the molecule is C=C[S@](=N)(=O)c1ccccc1C. The van der Waals surface area contributed by atoms with E-state index in [4.69, 9.17) is 4.78 Å². The van der Waals surface area contributed by atoms with Crippen LogP contribution in [-0.4, -0.2) is 4.21 Å². The maximum absolute atomic E-state index is 11.5. The maximum atomic E-state index is 11.5. The summed E-state index contributed by atoms with van der Waals surface area (Å²) in [5.41, 5.74) is 0.873. The van der Waals surface area contributed by atoms with E-state index < -0.39 is 9.73 Å². The van der Waals surface area contributed by atoms with E-state index in [1.54, 1.807) is 12.1 Å². The van der Waals surface area contributed by atoms with Crippen LogP contribution < -0.4 is 0 Å². The van der Waals surface area contributed by atoms with E-state index >= 15 is 0 Å². The minimum absolute atomic E-state index is 0.556. The third kappa shape index (κ3) is 1.56. The lowest BCUT2D eigenvalue weighted by molar-refractivity contribution is 0.680. The van der Waals surface area contributed by atoms with Crippen LogP contribution in [0.2, 0.25) is 0 Å². The molecule has 0 spiro atoms. The molecule has 64 valence electrons. The van der Waals surface area contributed by atoms with Crippen molar-refractivity contribution in [2.45, 2.75) is 11.8 Å². The van der Waals surface area contributed by atoms with E-state index in [1.165, 1.54) is 5.41 Å². The molecular formula is C9H11NOS. The third-order valence-electron chi connectivity index (χ3n) is 1.66. The van der Waals surface area contributed by atoms with Crippen LogP contribution in [0.1, 0.15) is 5.56 Å². The summed E-state index contributed by atoms with van der Waals surface area (Å²) in [5.74, 6) is 0. The van der Waals surface area contributed by atoms with Crippen LogP contribution in [0.25, 0.3) is 0 Å². The van der Waals surface area contributed by atoms with Gasteiger partial charge in [0.25, 0.3) is 0 Å². The summed E-state index contributed by atoms with van der Waals surface area (Å²) in [4.78, 5) is 0.556. The molecule has 1 atom stereocenters. The molecule has 0 saturated carbocycles. The molecule has 0 unspecified atom stereocenters. The van der Waals surface area contributed by atoms with Gasteiger partial charge in [-0.1, -0.05) is 24.8 Å². The molecule has 1 rings (SSSR count). The lowest BCUT2D eigenvalue weighted by Gasteiger charge is -2.04. The predicted molar refractivity (Wildman–Crippen MR) is 50.5 cm³/mol. The highest BCUT2D eigenvalue weighted by atomic mass is 32.2. The number of benzene rings is 1. The molecule has 1 aromatic rings. The first-order valence-corrected chi connectivity index (χ1v) is 5.17. The zero-order valence-corrected chi connectivity index (χ0v) is 7.73. The highest BCUT2D eigenvalue weighted by molar-refractivity contribution is 7.95. The van der Waals surface area contributed by atoms with E-state index in [9.17, 15) is 4.21 Å². The smallest absolute Gasteiger partial charge is 0.0939 e. The Balaban J connectivity index is 3.39. The van der Waals surface area contributed by atoms with Crippen molar-refractivity contribution in [2.24, 2.45) is 0 Å². The Hall–Kier alpha value is -1.09. The standard InChI is InChI=1S/C9H11NOS/c1-3-12(10,11)9-7-5-4-6-8(9)2/h3-7,10H,1H2,2H3/t12-/m0/s1. The van der Waals surface area contributed by atoms with E-state index in [2.05, 4.69) is 6.58 Å². The Morgan fingerprint density at radius 2 is 2.08 bits per heavy atom. The molecule has 0 aliphatic heterocycles. The van der Waals surface area contributed by atoms with Gasteiger partial charge in [-0.05, 0) is 18.6 Å². The van der Waals surface area contributed by atoms with Gasteiger partial charge in [0.1, 0.15) is 0 Å². The Labute approximate surface area is 72.9 Å². The van der Waals surface area contributed by atoms with Crippen molar-refractivity contribution in [3.8, 4) is 0 Å². The van der Waals surface area contributed by atoms with Crippen molar-refractivity contribution < 1.29 is 4.21 Å². The fraction of sp³-hybridized carbons (Fsp3) is 0.111. The van der Waals surface area contributed by atoms with Crippen LogP contribution in [0.5, 0.6) is 0 Å². The molecular weight excluding hydrogens is 170 g/mol. The monoisotopic (exact) mass is 181 g/mol. The van der Waals surface area contributed by atoms with Crippen molar-refractivity contribution in [3.05, 3.63) is 41.8 Å². The fourth-order valence-electron chi connectivity index (χ4n) is 0.986. The van der Waals surface area contributed by atoms with Gasteiger partial charge in [0.15, 0.2) is 0 Å². The van der Waals surface area contributed by atoms with E-state index in [1.807, 2.05) is 19.1 Å². The second kappa shape index (κ2) is 3.11. The molecule has 0 aromatic heterocycles. The fourth-order valence-corrected chi connectivity index (χ4v) is 1.99. The molecule has 0 aliphatic carbocycles. The van der Waals surface area contributed by atoms with Gasteiger partial charge >= 0.3 is 0 Å². The van der Waals surface area contributed by atoms with E-state index in [0.29, 0.717) is 4.90 Å². The number of aryl methyl sites for hydroxylation is 1. The van der Waals surface area contributed by atoms with Crippen molar-refractivity contribution in [3.63, 3.8) is 0 Å². The lowest BCUT2D eigenvalue weighted by Crippen LogP contribution is -1.95. The molecule has 2 nitrogen and oxygen atoms in total. The summed E-state index contributed by atoms with van der Waals surface area (Å²) in [6.45, 7) is 5.23. The highest BCUT2D eigenvalue weighted by Crippen LogP contribution is 2.16. The normalized spacial score (nSPS) is 15.1. The van der Waals surface area contributed by atoms with E-state index in [-0.39, 0.29) is 0 Å². The first-order chi connectivity index (χ1) is 5.58. The second-order valence-electron chi connectivity index (χ2n) is 2.53. The van der Waals surface area contributed by atoms with Crippen LogP contribution >= 0.6 is 0 Å². The largest absolute Gasteiger partial charge is 0.245 e. The number of nitrogens with one attached hydrogen (secondary N) is 1. The minimum atomic E-state index is -2.76. The average molecular weight is 181 g/mol. The number of rotatable bonds is 2. The van der Waals surface area contributed by atoms with Gasteiger partial charge in [-0.25, -0.2) is 8.99 Å². The van der Waals surface area contributed by atoms with Crippen LogP contribution in [0.3, 0.4) is 0 Å². The maximum Gasteiger partial charge on any atom is 0.0939 e. The van der Waals surface area contributed by atoms with Gasteiger partial charge in [0.05, 0.1) is 14.6 Å². The number of hydrogen-bond acceptors (Lipinski definition) is 2. The van der Waals surface area contributed by atoms with Gasteiger partial charge in [0, 0.05) is 5.41 Å². The van der Waals surface area contributed by atoms with Gasteiger partial charge in [0.2, 0.25) is 0 Å². The molecule has 0 fully saturated rings. The van der Waals surface area contributed by atoms with E-state index in [0.717, 1.165) is 5.56 Å². The Bertz CT molecular complexity index is 393. The van der Waals surface area contributed by atoms with Crippen LogP contribution in [0.4, 0.5) is 0 Å². The highest BCUT2D eigenvalue weighted by Gasteiger charge is 2.06. The molecule has 1 N–H and O–H groups in total. The van der Waals surface area contributed by atoms with Gasteiger partial charge < -0.3 is 0 Å². The van der Waals surface area contributed by atoms with Crippen LogP contribution in [0, 0.1) is 11.7 Å². The second-order valence-corrected chi connectivity index (χ2v) is 4.51. The van der Waals surface area contributed by atoms with Gasteiger partial charge in [-0.15, -0.1) is 0 Å². The zero-order chi connectivity index (χ0) is 9.19. The van der Waals surface area contributed by atoms with Crippen molar-refractivity contribution in [1.29, 1.82) is 4.78 Å². The Morgan fingerprint density at radius 3 is 2.58 bits per heavy atom. The van der Waals surface area contributed by atoms with Crippen molar-refractivity contribution >= 4 is 9.73 Å². The molecule has 0 radical (unpaired) electrons. The summed E-state index contributed by atoms with van der Waals surface area (Å²) >= 11 is 0. The minimum Gasteiger partial charge on any atom is -0.245 e. The van der Waals surface area contributed by atoms with Gasteiger partial charge in [-0.2, -0.15) is 0 Å². The summed E-state index contributed by atoms with van der Waals surface area (Å²) in [6.07, 6.45) is 0. The molecule has 0 amide bonds. The lowest BCUT2D eigenvalue weighted by atomic mass is 10.2. The first kappa shape index (κ1) is 9.00. The quantitative estimate of drug-likeness (QED) is 0.748. The van der Waals surface area contributed by atoms with Gasteiger partial charge in [-0.3, -0.25) is 0 Å². The van der Waals surface area contributed by atoms with Crippen LogP contribution in [0.15, 0.2) is 41.1 Å². The molecule has 0 aliphatic rings. The topological polar surface area (TPSA) is 40.9 Å². The van der Waals surface area contributed by atoms with Crippen molar-refractivity contribution in [2.75, 3.05) is 0 Å². The summed E-state index contributed by atoms with van der Waals surface area (Å²) in [5, 5.41) is 1.19. The molecule has 3 heteroatoms. The third-order valence-corrected chi connectivity index (χ3v) is 3.24. The molecule has 1 aromatic carbocycles. The van der Waals surface area contributed by atoms with Crippen LogP contribution in [-0.2, 0) is 9.73 Å². The average Bonchev–Trinajstić information content (AvgIpc) is 2.05. The molecule has 0 bridgehead atoms. The number of hydrogen-bond donors (Lipinski definition) is 1. The summed E-state index contributed by atoms with van der Waals surface area (Å²) in [7, 11) is -2.76. The molecule has 12 heavy (non-hydrogen) atoms. The molecule has 0 heterocycles. The Kier molecular flexibility index (Phi) is 2.33. The zero-order valence-electron chi connectivity index (χ0n) is 6.91. The first-order valence-electron chi connectivity index (χ1n) is 3.55.